The van der Waals surface area contributed by atoms with Gasteiger partial charge in [0.15, 0.2) is 5.90 Å². The van der Waals surface area contributed by atoms with Crippen LogP contribution in [-0.4, -0.2) is 79.2 Å². The third kappa shape index (κ3) is 5.23. The zero-order valence-corrected chi connectivity index (χ0v) is 20.7. The number of ether oxygens (including phenoxy) is 1. The minimum absolute atomic E-state index is 0.274. The van der Waals surface area contributed by atoms with E-state index in [0.29, 0.717) is 12.1 Å². The van der Waals surface area contributed by atoms with E-state index in [1.54, 1.807) is 0 Å². The Morgan fingerprint density at radius 2 is 1.81 bits per heavy atom. The molecule has 5 heterocycles. The molecular formula is C26H45N5O. The SMILES string of the molecule is C=C1CNCC/C1=C(/N=C(\C)OCC12CCCN1CCC2)N1CC2CCC(C1)N2.CCC. The average Bonchev–Trinajstić information content (AvgIpc) is 3.45. The summed E-state index contributed by atoms with van der Waals surface area (Å²) in [5, 5.41) is 7.19. The molecule has 0 aromatic carbocycles. The van der Waals surface area contributed by atoms with Gasteiger partial charge < -0.3 is 20.3 Å². The largest absolute Gasteiger partial charge is 0.479 e. The second kappa shape index (κ2) is 10.7. The van der Waals surface area contributed by atoms with E-state index < -0.39 is 0 Å². The van der Waals surface area contributed by atoms with E-state index in [1.165, 1.54) is 69.2 Å². The smallest absolute Gasteiger partial charge is 0.186 e. The van der Waals surface area contributed by atoms with Gasteiger partial charge in [-0.25, -0.2) is 4.99 Å². The number of hydrogen-bond donors (Lipinski definition) is 2. The lowest BCUT2D eigenvalue weighted by Crippen LogP contribution is -2.50. The average molecular weight is 444 g/mol. The molecule has 2 atom stereocenters. The first-order chi connectivity index (χ1) is 15.5. The van der Waals surface area contributed by atoms with Crippen molar-refractivity contribution < 1.29 is 4.74 Å². The minimum atomic E-state index is 0.274. The molecule has 5 fully saturated rings. The highest BCUT2D eigenvalue weighted by atomic mass is 16.5. The molecule has 180 valence electrons. The molecule has 6 heteroatoms. The fourth-order valence-corrected chi connectivity index (χ4v) is 6.19. The molecule has 5 aliphatic rings. The molecule has 2 bridgehead atoms. The highest BCUT2D eigenvalue weighted by Crippen LogP contribution is 2.39. The lowest BCUT2D eigenvalue weighted by atomic mass is 9.95. The first-order valence-corrected chi connectivity index (χ1v) is 13.1. The highest BCUT2D eigenvalue weighted by molar-refractivity contribution is 5.74. The van der Waals surface area contributed by atoms with Gasteiger partial charge in [-0.2, -0.15) is 0 Å². The number of rotatable bonds is 4. The molecule has 0 radical (unpaired) electrons. The molecule has 2 N–H and O–H groups in total. The quantitative estimate of drug-likeness (QED) is 0.513. The van der Waals surface area contributed by atoms with Crippen molar-refractivity contribution in [1.82, 2.24) is 20.4 Å². The summed E-state index contributed by atoms with van der Waals surface area (Å²) in [6.07, 6.45) is 9.99. The van der Waals surface area contributed by atoms with Crippen LogP contribution in [0.5, 0.6) is 0 Å². The summed E-state index contributed by atoms with van der Waals surface area (Å²) < 4.78 is 6.33. The van der Waals surface area contributed by atoms with E-state index in [4.69, 9.17) is 9.73 Å². The van der Waals surface area contributed by atoms with Crippen molar-refractivity contribution in [3.05, 3.63) is 23.5 Å². The number of piperazine rings is 1. The van der Waals surface area contributed by atoms with Crippen LogP contribution in [0.3, 0.4) is 0 Å². The van der Waals surface area contributed by atoms with Crippen molar-refractivity contribution in [1.29, 1.82) is 0 Å². The number of nitrogens with zero attached hydrogens (tertiary/aromatic N) is 3. The number of fused-ring (bicyclic) bond motifs is 3. The van der Waals surface area contributed by atoms with Crippen LogP contribution in [0.4, 0.5) is 0 Å². The Balaban J connectivity index is 0.000000775. The van der Waals surface area contributed by atoms with Gasteiger partial charge in [0.1, 0.15) is 12.4 Å². The van der Waals surface area contributed by atoms with Crippen molar-refractivity contribution in [2.75, 3.05) is 45.9 Å². The van der Waals surface area contributed by atoms with Crippen LogP contribution in [-0.2, 0) is 4.74 Å². The third-order valence-electron chi connectivity index (χ3n) is 7.73. The molecule has 5 rings (SSSR count). The fraction of sp³-hybridized carbons (Fsp3) is 0.808. The Morgan fingerprint density at radius 1 is 1.16 bits per heavy atom. The van der Waals surface area contributed by atoms with Crippen molar-refractivity contribution >= 4 is 5.90 Å². The Bertz CT molecular complexity index is 708. The molecule has 32 heavy (non-hydrogen) atoms. The van der Waals surface area contributed by atoms with Crippen LogP contribution >= 0.6 is 0 Å². The van der Waals surface area contributed by atoms with Crippen molar-refractivity contribution in [3.8, 4) is 0 Å². The Morgan fingerprint density at radius 3 is 2.44 bits per heavy atom. The summed E-state index contributed by atoms with van der Waals surface area (Å²) in [5.74, 6) is 1.94. The van der Waals surface area contributed by atoms with E-state index in [9.17, 15) is 0 Å². The molecule has 5 aliphatic heterocycles. The van der Waals surface area contributed by atoms with Gasteiger partial charge in [0.25, 0.3) is 0 Å². The molecule has 5 saturated heterocycles. The van der Waals surface area contributed by atoms with Crippen LogP contribution in [0.1, 0.15) is 72.1 Å². The van der Waals surface area contributed by atoms with Gasteiger partial charge in [0.05, 0.1) is 5.54 Å². The molecule has 0 amide bonds. The second-order valence-corrected chi connectivity index (χ2v) is 10.4. The highest BCUT2D eigenvalue weighted by Gasteiger charge is 2.45. The molecule has 0 aromatic rings. The van der Waals surface area contributed by atoms with Gasteiger partial charge in [0, 0.05) is 38.6 Å². The topological polar surface area (TPSA) is 52.1 Å². The van der Waals surface area contributed by atoms with E-state index >= 15 is 0 Å². The molecule has 0 aromatic heterocycles. The molecule has 0 spiro atoms. The maximum atomic E-state index is 6.33. The van der Waals surface area contributed by atoms with Crippen molar-refractivity contribution in [2.24, 2.45) is 4.99 Å². The van der Waals surface area contributed by atoms with E-state index in [2.05, 4.69) is 40.9 Å². The zero-order chi connectivity index (χ0) is 22.6. The van der Waals surface area contributed by atoms with Gasteiger partial charge >= 0.3 is 0 Å². The summed E-state index contributed by atoms with van der Waals surface area (Å²) in [5.41, 5.74) is 2.79. The summed E-state index contributed by atoms with van der Waals surface area (Å²) in [7, 11) is 0. The number of aliphatic imine (C=N–C) groups is 1. The number of hydrogen-bond acceptors (Lipinski definition) is 6. The number of likely N-dealkylation sites (tertiary alicyclic amines) is 1. The lowest BCUT2D eigenvalue weighted by molar-refractivity contribution is 0.106. The summed E-state index contributed by atoms with van der Waals surface area (Å²) in [6.45, 7) is 17.9. The van der Waals surface area contributed by atoms with Gasteiger partial charge in [-0.15, -0.1) is 0 Å². The van der Waals surface area contributed by atoms with Gasteiger partial charge in [0.2, 0.25) is 0 Å². The summed E-state index contributed by atoms with van der Waals surface area (Å²) >= 11 is 0. The molecule has 0 aliphatic carbocycles. The Hall–Kier alpha value is -1.37. The molecule has 6 nitrogen and oxygen atoms in total. The first kappa shape index (κ1) is 23.8. The lowest BCUT2D eigenvalue weighted by Gasteiger charge is -2.37. The Labute approximate surface area is 195 Å². The summed E-state index contributed by atoms with van der Waals surface area (Å²) in [4.78, 5) is 10.3. The standard InChI is InChI=1S/C23H37N5O.C3H8/c1-17-13-24-10-7-21(17)22(27-14-19-5-6-20(15-27)26-19)25-18(2)29-16-23-8-3-11-28(23)12-4-9-23;1-3-2/h19-20,24,26H,1,3-16H2,2H3;3H2,1-2H3/b22-21+,25-18+;. The maximum absolute atomic E-state index is 6.33. The predicted molar refractivity (Wildman–Crippen MR) is 133 cm³/mol. The van der Waals surface area contributed by atoms with Gasteiger partial charge in [-0.05, 0) is 75.7 Å². The van der Waals surface area contributed by atoms with Gasteiger partial charge in [-0.3, -0.25) is 4.90 Å². The normalized spacial score (nSPS) is 31.3. The molecular weight excluding hydrogens is 398 g/mol. The monoisotopic (exact) mass is 443 g/mol. The minimum Gasteiger partial charge on any atom is -0.479 e. The number of nitrogens with one attached hydrogen (secondary N) is 2. The Kier molecular flexibility index (Phi) is 7.95. The van der Waals surface area contributed by atoms with Crippen molar-refractivity contribution in [3.63, 3.8) is 0 Å². The van der Waals surface area contributed by atoms with E-state index in [-0.39, 0.29) is 5.54 Å². The van der Waals surface area contributed by atoms with E-state index in [1.807, 2.05) is 6.92 Å². The first-order valence-electron chi connectivity index (χ1n) is 13.1. The maximum Gasteiger partial charge on any atom is 0.186 e. The summed E-state index contributed by atoms with van der Waals surface area (Å²) in [6, 6.07) is 1.19. The van der Waals surface area contributed by atoms with Crippen LogP contribution < -0.4 is 10.6 Å². The van der Waals surface area contributed by atoms with Gasteiger partial charge in [-0.1, -0.05) is 26.8 Å². The van der Waals surface area contributed by atoms with E-state index in [0.717, 1.165) is 50.9 Å². The van der Waals surface area contributed by atoms with Crippen LogP contribution in [0.25, 0.3) is 0 Å². The number of piperidine rings is 1. The fourth-order valence-electron chi connectivity index (χ4n) is 6.19. The van der Waals surface area contributed by atoms with Crippen LogP contribution in [0.15, 0.2) is 28.5 Å². The van der Waals surface area contributed by atoms with Crippen LogP contribution in [0, 0.1) is 0 Å². The zero-order valence-electron chi connectivity index (χ0n) is 20.7. The predicted octanol–water partition coefficient (Wildman–Crippen LogP) is 3.66. The molecule has 2 unspecified atom stereocenters. The third-order valence-corrected chi connectivity index (χ3v) is 7.73. The molecule has 0 saturated carbocycles. The second-order valence-electron chi connectivity index (χ2n) is 10.4. The van der Waals surface area contributed by atoms with Crippen LogP contribution in [0.2, 0.25) is 0 Å². The van der Waals surface area contributed by atoms with Crippen molar-refractivity contribution in [2.45, 2.75) is 89.8 Å².